The van der Waals surface area contributed by atoms with Gasteiger partial charge in [0, 0.05) is 30.9 Å². The van der Waals surface area contributed by atoms with E-state index in [1.54, 1.807) is 12.1 Å². The Balaban J connectivity index is 1.47. The van der Waals surface area contributed by atoms with Crippen LogP contribution in [0.25, 0.3) is 5.69 Å². The monoisotopic (exact) mass is 399 g/mol. The summed E-state index contributed by atoms with van der Waals surface area (Å²) in [6.45, 7) is -1.40. The van der Waals surface area contributed by atoms with Crippen molar-refractivity contribution in [1.82, 2.24) is 14.7 Å². The number of rotatable bonds is 9. The Labute approximate surface area is 168 Å². The Morgan fingerprint density at radius 2 is 1.83 bits per heavy atom. The number of para-hydroxylation sites is 1. The maximum Gasteiger partial charge on any atom is 0.387 e. The molecule has 0 saturated heterocycles. The van der Waals surface area contributed by atoms with Gasteiger partial charge in [0.1, 0.15) is 0 Å². The quantitative estimate of drug-likeness (QED) is 0.525. The molecule has 0 bridgehead atoms. The fourth-order valence-corrected chi connectivity index (χ4v) is 3.39. The fraction of sp³-hybridized carbons (Fsp3) is 0.318. The molecule has 3 aromatic rings. The molecule has 1 heterocycles. The number of methoxy groups -OCH3 is 1. The molecule has 0 atom stereocenters. The second-order valence-electron chi connectivity index (χ2n) is 7.13. The summed E-state index contributed by atoms with van der Waals surface area (Å²) in [5.74, 6) is 0.365. The van der Waals surface area contributed by atoms with Crippen molar-refractivity contribution >= 4 is 0 Å². The van der Waals surface area contributed by atoms with Crippen LogP contribution in [0.4, 0.5) is 8.78 Å². The molecule has 2 aromatic carbocycles. The van der Waals surface area contributed by atoms with Crippen LogP contribution in [0, 0.1) is 0 Å². The van der Waals surface area contributed by atoms with Crippen LogP contribution < -0.4 is 9.47 Å². The number of halogens is 2. The number of nitrogens with zero attached hydrogens (tertiary/aromatic N) is 3. The molecule has 1 fully saturated rings. The van der Waals surface area contributed by atoms with E-state index in [1.807, 2.05) is 53.5 Å². The minimum atomic E-state index is -2.88. The van der Waals surface area contributed by atoms with Crippen molar-refractivity contribution in [2.24, 2.45) is 0 Å². The third kappa shape index (κ3) is 4.92. The lowest BCUT2D eigenvalue weighted by molar-refractivity contribution is -0.0512. The normalized spacial score (nSPS) is 13.8. The molecular weight excluding hydrogens is 376 g/mol. The summed E-state index contributed by atoms with van der Waals surface area (Å²) >= 11 is 0. The molecule has 1 aromatic heterocycles. The van der Waals surface area contributed by atoms with Gasteiger partial charge in [-0.05, 0) is 42.7 Å². The predicted octanol–water partition coefficient (Wildman–Crippen LogP) is 4.65. The maximum atomic E-state index is 12.5. The standard InChI is InChI=1S/C22H23F2N3O2/c1-28-21-11-16(7-10-20(21)29-22(23)24)13-26(18-8-9-18)14-17-12-25-27(15-17)19-5-3-2-4-6-19/h2-7,10-12,15,18,22H,8-9,13-14H2,1H3. The van der Waals surface area contributed by atoms with Gasteiger partial charge in [-0.2, -0.15) is 13.9 Å². The van der Waals surface area contributed by atoms with E-state index in [-0.39, 0.29) is 5.75 Å². The molecule has 1 aliphatic carbocycles. The molecule has 0 spiro atoms. The van der Waals surface area contributed by atoms with E-state index in [0.717, 1.165) is 36.2 Å². The molecule has 5 nitrogen and oxygen atoms in total. The van der Waals surface area contributed by atoms with Crippen LogP contribution in [-0.4, -0.2) is 34.4 Å². The van der Waals surface area contributed by atoms with E-state index in [9.17, 15) is 8.78 Å². The second kappa shape index (κ2) is 8.61. The van der Waals surface area contributed by atoms with Gasteiger partial charge in [0.05, 0.1) is 19.0 Å². The summed E-state index contributed by atoms with van der Waals surface area (Å²) in [6, 6.07) is 15.6. The minimum absolute atomic E-state index is 0.0494. The first-order chi connectivity index (χ1) is 14.1. The SMILES string of the molecule is COc1cc(CN(Cc2cnn(-c3ccccc3)c2)C2CC2)ccc1OC(F)F. The number of ether oxygens (including phenoxy) is 2. The molecule has 0 aliphatic heterocycles. The van der Waals surface area contributed by atoms with E-state index in [4.69, 9.17) is 4.74 Å². The molecule has 4 rings (SSSR count). The summed E-state index contributed by atoms with van der Waals surface area (Å²) in [5, 5.41) is 4.48. The number of benzene rings is 2. The van der Waals surface area contributed by atoms with Crippen molar-refractivity contribution in [1.29, 1.82) is 0 Å². The number of alkyl halides is 2. The Morgan fingerprint density at radius 3 is 2.52 bits per heavy atom. The zero-order chi connectivity index (χ0) is 20.2. The van der Waals surface area contributed by atoms with E-state index >= 15 is 0 Å². The summed E-state index contributed by atoms with van der Waals surface area (Å²) in [7, 11) is 1.45. The van der Waals surface area contributed by atoms with Gasteiger partial charge in [-0.1, -0.05) is 24.3 Å². The maximum absolute atomic E-state index is 12.5. The lowest BCUT2D eigenvalue weighted by atomic mass is 10.1. The van der Waals surface area contributed by atoms with Crippen LogP contribution in [-0.2, 0) is 13.1 Å². The highest BCUT2D eigenvalue weighted by Crippen LogP contribution is 2.33. The van der Waals surface area contributed by atoms with Crippen molar-refractivity contribution in [3.05, 3.63) is 72.1 Å². The zero-order valence-corrected chi connectivity index (χ0v) is 16.2. The van der Waals surface area contributed by atoms with Gasteiger partial charge in [0.15, 0.2) is 11.5 Å². The predicted molar refractivity (Wildman–Crippen MR) is 105 cm³/mol. The molecule has 1 saturated carbocycles. The number of aromatic nitrogens is 2. The summed E-state index contributed by atoms with van der Waals surface area (Å²) < 4.78 is 36.7. The van der Waals surface area contributed by atoms with Crippen molar-refractivity contribution in [2.45, 2.75) is 38.6 Å². The number of hydrogen-bond acceptors (Lipinski definition) is 4. The molecule has 0 N–H and O–H groups in total. The Morgan fingerprint density at radius 1 is 1.07 bits per heavy atom. The molecule has 29 heavy (non-hydrogen) atoms. The van der Waals surface area contributed by atoms with Gasteiger partial charge in [-0.15, -0.1) is 0 Å². The lowest BCUT2D eigenvalue weighted by Crippen LogP contribution is -2.24. The highest BCUT2D eigenvalue weighted by Gasteiger charge is 2.29. The van der Waals surface area contributed by atoms with Crippen LogP contribution in [0.1, 0.15) is 24.0 Å². The lowest BCUT2D eigenvalue weighted by Gasteiger charge is -2.22. The van der Waals surface area contributed by atoms with E-state index < -0.39 is 6.61 Å². The molecule has 0 radical (unpaired) electrons. The fourth-order valence-electron chi connectivity index (χ4n) is 3.39. The van der Waals surface area contributed by atoms with Crippen molar-refractivity contribution in [2.75, 3.05) is 7.11 Å². The molecular formula is C22H23F2N3O2. The van der Waals surface area contributed by atoms with Crippen LogP contribution in [0.5, 0.6) is 11.5 Å². The highest BCUT2D eigenvalue weighted by molar-refractivity contribution is 5.43. The Kier molecular flexibility index (Phi) is 5.76. The molecule has 1 aliphatic rings. The number of hydrogen-bond donors (Lipinski definition) is 0. The minimum Gasteiger partial charge on any atom is -0.493 e. The van der Waals surface area contributed by atoms with Gasteiger partial charge < -0.3 is 9.47 Å². The van der Waals surface area contributed by atoms with Crippen LogP contribution in [0.3, 0.4) is 0 Å². The third-order valence-corrected chi connectivity index (χ3v) is 4.94. The van der Waals surface area contributed by atoms with Crippen LogP contribution in [0.15, 0.2) is 60.9 Å². The molecule has 0 amide bonds. The molecule has 7 heteroatoms. The first-order valence-corrected chi connectivity index (χ1v) is 9.57. The topological polar surface area (TPSA) is 39.5 Å². The van der Waals surface area contributed by atoms with E-state index in [2.05, 4.69) is 14.7 Å². The Bertz CT molecular complexity index is 942. The van der Waals surface area contributed by atoms with Gasteiger partial charge in [-0.3, -0.25) is 4.90 Å². The zero-order valence-electron chi connectivity index (χ0n) is 16.2. The van der Waals surface area contributed by atoms with Gasteiger partial charge >= 0.3 is 6.61 Å². The van der Waals surface area contributed by atoms with Gasteiger partial charge in [-0.25, -0.2) is 4.68 Å². The van der Waals surface area contributed by atoms with E-state index in [1.165, 1.54) is 7.11 Å². The van der Waals surface area contributed by atoms with Crippen molar-refractivity contribution in [3.8, 4) is 17.2 Å². The summed E-state index contributed by atoms with van der Waals surface area (Å²) in [4.78, 5) is 2.38. The summed E-state index contributed by atoms with van der Waals surface area (Å²) in [6.07, 6.45) is 6.26. The third-order valence-electron chi connectivity index (χ3n) is 4.94. The highest BCUT2D eigenvalue weighted by atomic mass is 19.3. The van der Waals surface area contributed by atoms with Crippen LogP contribution >= 0.6 is 0 Å². The van der Waals surface area contributed by atoms with Crippen molar-refractivity contribution in [3.63, 3.8) is 0 Å². The van der Waals surface area contributed by atoms with Gasteiger partial charge in [0.25, 0.3) is 0 Å². The van der Waals surface area contributed by atoms with E-state index in [0.29, 0.717) is 18.3 Å². The van der Waals surface area contributed by atoms with Crippen molar-refractivity contribution < 1.29 is 18.3 Å². The second-order valence-corrected chi connectivity index (χ2v) is 7.13. The first-order valence-electron chi connectivity index (χ1n) is 9.57. The first kappa shape index (κ1) is 19.4. The average molecular weight is 399 g/mol. The molecule has 0 unspecified atom stereocenters. The summed E-state index contributed by atoms with van der Waals surface area (Å²) in [5.41, 5.74) is 3.15. The average Bonchev–Trinajstić information content (AvgIpc) is 3.47. The Hall–Kier alpha value is -2.93. The largest absolute Gasteiger partial charge is 0.493 e. The smallest absolute Gasteiger partial charge is 0.387 e. The van der Waals surface area contributed by atoms with Crippen LogP contribution in [0.2, 0.25) is 0 Å². The van der Waals surface area contributed by atoms with Gasteiger partial charge in [0.2, 0.25) is 0 Å². The molecule has 152 valence electrons.